The predicted octanol–water partition coefficient (Wildman–Crippen LogP) is 3.14. The van der Waals surface area contributed by atoms with E-state index in [-0.39, 0.29) is 36.1 Å². The van der Waals surface area contributed by atoms with Crippen LogP contribution < -0.4 is 15.0 Å². The highest BCUT2D eigenvalue weighted by Gasteiger charge is 2.57. The summed E-state index contributed by atoms with van der Waals surface area (Å²) in [7, 11) is 0. The molecule has 1 amide bonds. The van der Waals surface area contributed by atoms with Crippen molar-refractivity contribution in [2.24, 2.45) is 17.8 Å². The Morgan fingerprint density at radius 2 is 1.90 bits per heavy atom. The molecule has 8 heteroatoms. The van der Waals surface area contributed by atoms with Gasteiger partial charge in [-0.15, -0.1) is 0 Å². The second-order valence-corrected chi connectivity index (χ2v) is 10.9. The largest absolute Gasteiger partial charge is 0.476 e. The standard InChI is InChI=1S/C23H29F2N3O3/c24-23(25)12-28(13-23)18-4-3-17(26-20(18)31-10-14-1-2-14)19(29)27-21-6-15-5-16(7-21)9-22(30,8-15)11-21/h3-4,14-16,30H,1-2,5-13H2,(H,27,29). The maximum absolute atomic E-state index is 13.4. The number of carbonyl (C=O) groups excluding carboxylic acids is 1. The van der Waals surface area contributed by atoms with E-state index < -0.39 is 11.5 Å². The lowest BCUT2D eigenvalue weighted by molar-refractivity contribution is -0.139. The molecule has 2 heterocycles. The van der Waals surface area contributed by atoms with Crippen LogP contribution in [-0.2, 0) is 0 Å². The van der Waals surface area contributed by atoms with Crippen molar-refractivity contribution < 1.29 is 23.4 Å². The van der Waals surface area contributed by atoms with Crippen molar-refractivity contribution in [1.82, 2.24) is 10.3 Å². The summed E-state index contributed by atoms with van der Waals surface area (Å²) in [6.45, 7) is -0.218. The van der Waals surface area contributed by atoms with Crippen LogP contribution in [0.5, 0.6) is 5.88 Å². The molecule has 7 rings (SSSR count). The van der Waals surface area contributed by atoms with E-state index in [2.05, 4.69) is 10.3 Å². The summed E-state index contributed by atoms with van der Waals surface area (Å²) in [4.78, 5) is 19.2. The topological polar surface area (TPSA) is 74.7 Å². The molecule has 1 saturated heterocycles. The Bertz CT molecular complexity index is 897. The van der Waals surface area contributed by atoms with Gasteiger partial charge in [0.2, 0.25) is 5.88 Å². The number of amides is 1. The highest BCUT2D eigenvalue weighted by Crippen LogP contribution is 2.57. The highest BCUT2D eigenvalue weighted by molar-refractivity contribution is 5.93. The molecule has 6 aliphatic rings. The molecule has 5 saturated carbocycles. The van der Waals surface area contributed by atoms with Gasteiger partial charge in [-0.3, -0.25) is 4.79 Å². The third-order valence-corrected chi connectivity index (χ3v) is 7.82. The number of halogens is 2. The normalized spacial score (nSPS) is 37.5. The van der Waals surface area contributed by atoms with Gasteiger partial charge in [-0.1, -0.05) is 0 Å². The van der Waals surface area contributed by atoms with Crippen LogP contribution in [-0.4, -0.2) is 52.8 Å². The Hall–Kier alpha value is -1.96. The molecule has 6 fully saturated rings. The molecule has 2 N–H and O–H groups in total. The van der Waals surface area contributed by atoms with Gasteiger partial charge < -0.3 is 20.1 Å². The molecule has 1 aromatic rings. The van der Waals surface area contributed by atoms with Crippen molar-refractivity contribution in [3.63, 3.8) is 0 Å². The number of anilines is 1. The number of nitrogens with one attached hydrogen (secondary N) is 1. The summed E-state index contributed by atoms with van der Waals surface area (Å²) in [5.74, 6) is -1.29. The second-order valence-electron chi connectivity index (χ2n) is 10.9. The number of hydrogen-bond donors (Lipinski definition) is 2. The number of ether oxygens (including phenoxy) is 1. The number of nitrogens with zero attached hydrogens (tertiary/aromatic N) is 2. The van der Waals surface area contributed by atoms with Crippen molar-refractivity contribution in [3.05, 3.63) is 17.8 Å². The van der Waals surface area contributed by atoms with Gasteiger partial charge in [0.05, 0.1) is 25.3 Å². The SMILES string of the molecule is O=C(NC12CC3CC(CC(O)(C3)C1)C2)c1ccc(N2CC(F)(F)C2)c(OCC2CC2)n1. The summed E-state index contributed by atoms with van der Waals surface area (Å²) in [6, 6.07) is 3.27. The number of rotatable bonds is 6. The average Bonchev–Trinajstić information content (AvgIpc) is 3.46. The smallest absolute Gasteiger partial charge is 0.282 e. The number of carbonyl (C=O) groups is 1. The monoisotopic (exact) mass is 433 g/mol. The van der Waals surface area contributed by atoms with Crippen LogP contribution in [0, 0.1) is 17.8 Å². The van der Waals surface area contributed by atoms with Crippen molar-refractivity contribution in [2.45, 2.75) is 68.4 Å². The molecule has 0 aromatic carbocycles. The third kappa shape index (κ3) is 3.66. The first-order valence-corrected chi connectivity index (χ1v) is 11.5. The van der Waals surface area contributed by atoms with Crippen LogP contribution in [0.2, 0.25) is 0 Å². The molecule has 4 bridgehead atoms. The lowest BCUT2D eigenvalue weighted by Gasteiger charge is -2.60. The van der Waals surface area contributed by atoms with Crippen molar-refractivity contribution in [2.75, 3.05) is 24.6 Å². The molecular formula is C23H29F2N3O3. The van der Waals surface area contributed by atoms with Gasteiger partial charge in [0.25, 0.3) is 11.8 Å². The fourth-order valence-corrected chi connectivity index (χ4v) is 6.74. The van der Waals surface area contributed by atoms with E-state index in [4.69, 9.17) is 4.74 Å². The van der Waals surface area contributed by atoms with E-state index in [1.54, 1.807) is 17.0 Å². The van der Waals surface area contributed by atoms with Crippen molar-refractivity contribution >= 4 is 11.6 Å². The first kappa shape index (κ1) is 19.7. The maximum atomic E-state index is 13.4. The van der Waals surface area contributed by atoms with Crippen molar-refractivity contribution in [1.29, 1.82) is 0 Å². The lowest BCUT2D eigenvalue weighted by atomic mass is 9.51. The average molecular weight is 433 g/mol. The minimum atomic E-state index is -2.69. The first-order valence-electron chi connectivity index (χ1n) is 11.5. The minimum Gasteiger partial charge on any atom is -0.476 e. The molecule has 1 aliphatic heterocycles. The quantitative estimate of drug-likeness (QED) is 0.721. The van der Waals surface area contributed by atoms with E-state index in [9.17, 15) is 18.7 Å². The molecule has 0 radical (unpaired) electrons. The van der Waals surface area contributed by atoms with Gasteiger partial charge in [-0.2, -0.15) is 0 Å². The number of alkyl halides is 2. The van der Waals surface area contributed by atoms with Gasteiger partial charge in [-0.25, -0.2) is 13.8 Å². The van der Waals surface area contributed by atoms with Gasteiger partial charge in [0.15, 0.2) is 0 Å². The number of aromatic nitrogens is 1. The van der Waals surface area contributed by atoms with E-state index in [1.807, 2.05) is 0 Å². The Labute approximate surface area is 180 Å². The lowest BCUT2D eigenvalue weighted by Crippen LogP contribution is -2.65. The molecule has 0 spiro atoms. The fraction of sp³-hybridized carbons (Fsp3) is 0.739. The predicted molar refractivity (Wildman–Crippen MR) is 109 cm³/mol. The Balaban J connectivity index is 1.22. The zero-order chi connectivity index (χ0) is 21.4. The van der Waals surface area contributed by atoms with E-state index in [1.165, 1.54) is 0 Å². The summed E-state index contributed by atoms with van der Waals surface area (Å²) in [5.41, 5.74) is -0.266. The van der Waals surface area contributed by atoms with Crippen LogP contribution in [0.4, 0.5) is 14.5 Å². The van der Waals surface area contributed by atoms with E-state index in [0.717, 1.165) is 44.9 Å². The highest BCUT2D eigenvalue weighted by atomic mass is 19.3. The van der Waals surface area contributed by atoms with E-state index >= 15 is 0 Å². The second kappa shape index (κ2) is 6.53. The summed E-state index contributed by atoms with van der Waals surface area (Å²) < 4.78 is 32.7. The zero-order valence-electron chi connectivity index (χ0n) is 17.6. The van der Waals surface area contributed by atoms with Crippen LogP contribution in [0.25, 0.3) is 0 Å². The molecule has 168 valence electrons. The number of aliphatic hydroxyl groups is 1. The zero-order valence-corrected chi connectivity index (χ0v) is 17.6. The minimum absolute atomic E-state index is 0.240. The van der Waals surface area contributed by atoms with Gasteiger partial charge in [0.1, 0.15) is 11.4 Å². The molecule has 2 unspecified atom stereocenters. The summed E-state index contributed by atoms with van der Waals surface area (Å²) in [6.07, 6.45) is 7.45. The van der Waals surface area contributed by atoms with Gasteiger partial charge in [-0.05, 0) is 81.3 Å². The third-order valence-electron chi connectivity index (χ3n) is 7.82. The van der Waals surface area contributed by atoms with Crippen LogP contribution >= 0.6 is 0 Å². The number of hydrogen-bond acceptors (Lipinski definition) is 5. The van der Waals surface area contributed by atoms with Gasteiger partial charge in [0, 0.05) is 5.54 Å². The molecule has 2 atom stereocenters. The maximum Gasteiger partial charge on any atom is 0.282 e. The van der Waals surface area contributed by atoms with Crippen LogP contribution in [0.15, 0.2) is 12.1 Å². The first-order chi connectivity index (χ1) is 14.7. The fourth-order valence-electron chi connectivity index (χ4n) is 6.74. The summed E-state index contributed by atoms with van der Waals surface area (Å²) in [5, 5.41) is 14.2. The number of pyridine rings is 1. The van der Waals surface area contributed by atoms with Crippen LogP contribution in [0.1, 0.15) is 61.9 Å². The Morgan fingerprint density at radius 1 is 1.19 bits per heavy atom. The van der Waals surface area contributed by atoms with E-state index in [0.29, 0.717) is 36.5 Å². The Kier molecular flexibility index (Phi) is 4.15. The van der Waals surface area contributed by atoms with Crippen molar-refractivity contribution in [3.8, 4) is 5.88 Å². The Morgan fingerprint density at radius 3 is 2.52 bits per heavy atom. The van der Waals surface area contributed by atoms with Gasteiger partial charge >= 0.3 is 0 Å². The molecule has 6 nitrogen and oxygen atoms in total. The summed E-state index contributed by atoms with van der Waals surface area (Å²) >= 11 is 0. The molecular weight excluding hydrogens is 404 g/mol. The molecule has 5 aliphatic carbocycles. The molecule has 1 aromatic heterocycles. The molecule has 31 heavy (non-hydrogen) atoms. The van der Waals surface area contributed by atoms with Crippen LogP contribution in [0.3, 0.4) is 0 Å².